The Morgan fingerprint density at radius 3 is 2.47 bits per heavy atom. The van der Waals surface area contributed by atoms with Gasteiger partial charge in [-0.25, -0.2) is 9.97 Å². The van der Waals surface area contributed by atoms with Gasteiger partial charge in [0.2, 0.25) is 0 Å². The number of benzene rings is 1. The Morgan fingerprint density at radius 1 is 1.07 bits per heavy atom. The van der Waals surface area contributed by atoms with E-state index in [-0.39, 0.29) is 0 Å². The Morgan fingerprint density at radius 2 is 1.80 bits per heavy atom. The van der Waals surface area contributed by atoms with Gasteiger partial charge in [-0.1, -0.05) is 23.8 Å². The van der Waals surface area contributed by atoms with Crippen molar-refractivity contribution in [3.05, 3.63) is 59.2 Å². The average molecular weight is 198 g/mol. The number of aromatic nitrogens is 2. The lowest BCUT2D eigenvalue weighted by Gasteiger charge is -2.06. The molecule has 0 radical (unpaired) electrons. The second-order valence-corrected chi connectivity index (χ2v) is 3.85. The van der Waals surface area contributed by atoms with Crippen LogP contribution in [0.5, 0.6) is 0 Å². The quantitative estimate of drug-likeness (QED) is 0.741. The van der Waals surface area contributed by atoms with Crippen LogP contribution in [0.15, 0.2) is 36.9 Å². The summed E-state index contributed by atoms with van der Waals surface area (Å²) in [6.07, 6.45) is 6.21. The zero-order valence-corrected chi connectivity index (χ0v) is 9.07. The van der Waals surface area contributed by atoms with Crippen LogP contribution in [-0.4, -0.2) is 9.97 Å². The second-order valence-electron chi connectivity index (χ2n) is 3.85. The van der Waals surface area contributed by atoms with Gasteiger partial charge in [0.25, 0.3) is 0 Å². The van der Waals surface area contributed by atoms with Gasteiger partial charge in [0.15, 0.2) is 0 Å². The number of hydrogen-bond acceptors (Lipinski definition) is 2. The number of nitrogens with zero attached hydrogens (tertiary/aromatic N) is 2. The third-order valence-electron chi connectivity index (χ3n) is 2.51. The van der Waals surface area contributed by atoms with Gasteiger partial charge in [0.1, 0.15) is 6.33 Å². The Labute approximate surface area is 90.0 Å². The highest BCUT2D eigenvalue weighted by Crippen LogP contribution is 2.14. The Balaban J connectivity index is 2.25. The van der Waals surface area contributed by atoms with Gasteiger partial charge >= 0.3 is 0 Å². The molecule has 15 heavy (non-hydrogen) atoms. The van der Waals surface area contributed by atoms with E-state index in [2.05, 4.69) is 42.0 Å². The monoisotopic (exact) mass is 198 g/mol. The Bertz CT molecular complexity index is 449. The summed E-state index contributed by atoms with van der Waals surface area (Å²) in [4.78, 5) is 8.03. The van der Waals surface area contributed by atoms with Crippen LogP contribution in [0.2, 0.25) is 0 Å². The van der Waals surface area contributed by atoms with Gasteiger partial charge in [0, 0.05) is 18.8 Å². The van der Waals surface area contributed by atoms with Crippen molar-refractivity contribution < 1.29 is 0 Å². The summed E-state index contributed by atoms with van der Waals surface area (Å²) in [5.41, 5.74) is 5.14. The lowest BCUT2D eigenvalue weighted by molar-refractivity contribution is 1.06. The first-order valence-electron chi connectivity index (χ1n) is 5.06. The van der Waals surface area contributed by atoms with E-state index in [0.29, 0.717) is 0 Å². The van der Waals surface area contributed by atoms with Crippen molar-refractivity contribution in [1.82, 2.24) is 9.97 Å². The van der Waals surface area contributed by atoms with Gasteiger partial charge in [-0.2, -0.15) is 0 Å². The molecular weight excluding hydrogens is 184 g/mol. The van der Waals surface area contributed by atoms with Gasteiger partial charge in [-0.05, 0) is 30.5 Å². The van der Waals surface area contributed by atoms with Crippen molar-refractivity contribution in [1.29, 1.82) is 0 Å². The minimum absolute atomic E-state index is 0.910. The van der Waals surface area contributed by atoms with E-state index in [1.54, 1.807) is 6.33 Å². The summed E-state index contributed by atoms with van der Waals surface area (Å²) in [6, 6.07) is 6.53. The highest BCUT2D eigenvalue weighted by Gasteiger charge is 2.00. The smallest absolute Gasteiger partial charge is 0.115 e. The molecule has 2 rings (SSSR count). The normalized spacial score (nSPS) is 10.3. The van der Waals surface area contributed by atoms with E-state index in [0.717, 1.165) is 12.0 Å². The zero-order valence-electron chi connectivity index (χ0n) is 9.07. The van der Waals surface area contributed by atoms with Crippen LogP contribution in [0.4, 0.5) is 0 Å². The fraction of sp³-hybridized carbons (Fsp3) is 0.231. The SMILES string of the molecule is Cc1ccc(Cc2cncnc2)c(C)c1. The second kappa shape index (κ2) is 4.22. The molecule has 0 amide bonds. The van der Waals surface area contributed by atoms with Crippen LogP contribution < -0.4 is 0 Å². The largest absolute Gasteiger partial charge is 0.245 e. The van der Waals surface area contributed by atoms with E-state index in [4.69, 9.17) is 0 Å². The van der Waals surface area contributed by atoms with Crippen LogP contribution >= 0.6 is 0 Å². The maximum absolute atomic E-state index is 4.02. The molecule has 1 aromatic carbocycles. The van der Waals surface area contributed by atoms with Crippen molar-refractivity contribution >= 4 is 0 Å². The molecule has 0 aliphatic carbocycles. The molecule has 0 aliphatic rings. The van der Waals surface area contributed by atoms with Crippen LogP contribution in [0.25, 0.3) is 0 Å². The fourth-order valence-corrected chi connectivity index (χ4v) is 1.69. The average Bonchev–Trinajstić information content (AvgIpc) is 2.24. The summed E-state index contributed by atoms with van der Waals surface area (Å²) < 4.78 is 0. The lowest BCUT2D eigenvalue weighted by atomic mass is 10.0. The molecule has 0 saturated heterocycles. The molecule has 2 nitrogen and oxygen atoms in total. The third-order valence-corrected chi connectivity index (χ3v) is 2.51. The Kier molecular flexibility index (Phi) is 2.77. The van der Waals surface area contributed by atoms with E-state index in [1.165, 1.54) is 16.7 Å². The van der Waals surface area contributed by atoms with Crippen LogP contribution in [-0.2, 0) is 6.42 Å². The third kappa shape index (κ3) is 2.40. The van der Waals surface area contributed by atoms with Crippen molar-refractivity contribution in [3.63, 3.8) is 0 Å². The first-order chi connectivity index (χ1) is 7.25. The molecule has 0 N–H and O–H groups in total. The molecule has 0 spiro atoms. The van der Waals surface area contributed by atoms with Crippen molar-refractivity contribution in [2.75, 3.05) is 0 Å². The number of rotatable bonds is 2. The minimum atomic E-state index is 0.910. The number of hydrogen-bond donors (Lipinski definition) is 0. The Hall–Kier alpha value is -1.70. The first-order valence-corrected chi connectivity index (χ1v) is 5.06. The molecule has 76 valence electrons. The van der Waals surface area contributed by atoms with E-state index in [9.17, 15) is 0 Å². The molecule has 0 fully saturated rings. The van der Waals surface area contributed by atoms with Gasteiger partial charge in [-0.3, -0.25) is 0 Å². The lowest BCUT2D eigenvalue weighted by Crippen LogP contribution is -1.93. The van der Waals surface area contributed by atoms with Crippen molar-refractivity contribution in [2.45, 2.75) is 20.3 Å². The van der Waals surface area contributed by atoms with E-state index >= 15 is 0 Å². The maximum Gasteiger partial charge on any atom is 0.115 e. The van der Waals surface area contributed by atoms with Gasteiger partial charge in [0.05, 0.1) is 0 Å². The molecule has 0 bridgehead atoms. The maximum atomic E-state index is 4.02. The molecule has 1 aromatic heterocycles. The number of aryl methyl sites for hydroxylation is 2. The molecule has 2 heteroatoms. The first kappa shape index (κ1) is 9.84. The predicted molar refractivity (Wildman–Crippen MR) is 60.8 cm³/mol. The van der Waals surface area contributed by atoms with Crippen LogP contribution in [0.3, 0.4) is 0 Å². The van der Waals surface area contributed by atoms with Gasteiger partial charge in [-0.15, -0.1) is 0 Å². The minimum Gasteiger partial charge on any atom is -0.245 e. The highest BCUT2D eigenvalue weighted by molar-refractivity contribution is 5.33. The van der Waals surface area contributed by atoms with Crippen LogP contribution in [0, 0.1) is 13.8 Å². The highest BCUT2D eigenvalue weighted by atomic mass is 14.8. The van der Waals surface area contributed by atoms with Crippen molar-refractivity contribution in [2.24, 2.45) is 0 Å². The summed E-state index contributed by atoms with van der Waals surface area (Å²) in [7, 11) is 0. The molecular formula is C13H14N2. The van der Waals surface area contributed by atoms with E-state index in [1.807, 2.05) is 12.4 Å². The zero-order chi connectivity index (χ0) is 10.7. The molecule has 0 unspecified atom stereocenters. The molecule has 2 aromatic rings. The topological polar surface area (TPSA) is 25.8 Å². The summed E-state index contributed by atoms with van der Waals surface area (Å²) in [5.74, 6) is 0. The van der Waals surface area contributed by atoms with Crippen LogP contribution in [0.1, 0.15) is 22.3 Å². The van der Waals surface area contributed by atoms with Crippen molar-refractivity contribution in [3.8, 4) is 0 Å². The summed E-state index contributed by atoms with van der Waals surface area (Å²) >= 11 is 0. The van der Waals surface area contributed by atoms with E-state index < -0.39 is 0 Å². The van der Waals surface area contributed by atoms with Gasteiger partial charge < -0.3 is 0 Å². The molecule has 0 atom stereocenters. The molecule has 0 aliphatic heterocycles. The standard InChI is InChI=1S/C13H14N2/c1-10-3-4-13(11(2)5-10)6-12-7-14-9-15-8-12/h3-5,7-9H,6H2,1-2H3. The predicted octanol–water partition coefficient (Wildman–Crippen LogP) is 2.68. The molecule has 1 heterocycles. The molecule has 0 saturated carbocycles. The summed E-state index contributed by atoms with van der Waals surface area (Å²) in [5, 5.41) is 0. The summed E-state index contributed by atoms with van der Waals surface area (Å²) in [6.45, 7) is 4.26. The fourth-order valence-electron chi connectivity index (χ4n) is 1.69.